The molecule has 1 fully saturated rings. The Balaban J connectivity index is 1.36. The van der Waals surface area contributed by atoms with Crippen molar-refractivity contribution in [1.82, 2.24) is 10.6 Å². The highest BCUT2D eigenvalue weighted by Crippen LogP contribution is 2.44. The number of benzene rings is 2. The zero-order valence-corrected chi connectivity index (χ0v) is 18.3. The van der Waals surface area contributed by atoms with E-state index in [0.717, 1.165) is 22.3 Å². The van der Waals surface area contributed by atoms with Gasteiger partial charge in [0.1, 0.15) is 12.1 Å². The minimum absolute atomic E-state index is 0.0416. The normalized spacial score (nSPS) is 15.9. The van der Waals surface area contributed by atoms with Gasteiger partial charge in [-0.1, -0.05) is 48.5 Å². The van der Waals surface area contributed by atoms with Crippen LogP contribution in [0.2, 0.25) is 0 Å². The van der Waals surface area contributed by atoms with Gasteiger partial charge in [0, 0.05) is 17.9 Å². The van der Waals surface area contributed by atoms with Gasteiger partial charge in [-0.2, -0.15) is 0 Å². The van der Waals surface area contributed by atoms with Gasteiger partial charge in [-0.15, -0.1) is 0 Å². The molecule has 2 amide bonds. The Bertz CT molecular complexity index is 1010. The standard InChI is InChI=1S/C25H28N2O5/c1-24(2,12-11-21(28)29)26-22(30)25(13-14-25)27-23(31)32-15-20-18-9-5-3-7-16(18)17-8-4-6-10-19(17)20/h3-10,20H,11-15H2,1-2H3,(H,26,30)(H,27,31)(H,28,29). The Morgan fingerprint density at radius 2 is 1.59 bits per heavy atom. The highest BCUT2D eigenvalue weighted by atomic mass is 16.5. The molecule has 0 saturated heterocycles. The number of carboxylic acid groups (broad SMARTS) is 1. The summed E-state index contributed by atoms with van der Waals surface area (Å²) in [5.41, 5.74) is 2.88. The molecule has 2 aliphatic carbocycles. The number of carboxylic acids is 1. The maximum absolute atomic E-state index is 12.8. The Kier molecular flexibility index (Phi) is 5.67. The average Bonchev–Trinajstić information content (AvgIpc) is 3.46. The van der Waals surface area contributed by atoms with Crippen LogP contribution in [0.1, 0.15) is 56.6 Å². The summed E-state index contributed by atoms with van der Waals surface area (Å²) >= 11 is 0. The second-order valence-electron chi connectivity index (χ2n) is 9.26. The maximum atomic E-state index is 12.8. The monoisotopic (exact) mass is 436 g/mol. The van der Waals surface area contributed by atoms with Crippen molar-refractivity contribution in [3.05, 3.63) is 59.7 Å². The third kappa shape index (κ3) is 4.47. The lowest BCUT2D eigenvalue weighted by Gasteiger charge is -2.28. The van der Waals surface area contributed by atoms with Crippen molar-refractivity contribution < 1.29 is 24.2 Å². The number of carbonyl (C=O) groups excluding carboxylic acids is 2. The topological polar surface area (TPSA) is 105 Å². The van der Waals surface area contributed by atoms with Crippen molar-refractivity contribution in [2.75, 3.05) is 6.61 Å². The number of hydrogen-bond acceptors (Lipinski definition) is 4. The van der Waals surface area contributed by atoms with Gasteiger partial charge in [0.25, 0.3) is 0 Å². The molecule has 0 spiro atoms. The third-order valence-corrected chi connectivity index (χ3v) is 6.29. The smallest absolute Gasteiger partial charge is 0.408 e. The van der Waals surface area contributed by atoms with E-state index in [1.54, 1.807) is 13.8 Å². The molecule has 0 atom stereocenters. The Labute approximate surface area is 187 Å². The van der Waals surface area contributed by atoms with Gasteiger partial charge in [-0.25, -0.2) is 4.79 Å². The lowest BCUT2D eigenvalue weighted by atomic mass is 9.97. The van der Waals surface area contributed by atoms with E-state index in [4.69, 9.17) is 9.84 Å². The van der Waals surface area contributed by atoms with E-state index < -0.39 is 23.1 Å². The molecule has 1 saturated carbocycles. The van der Waals surface area contributed by atoms with Gasteiger partial charge in [-0.05, 0) is 55.4 Å². The van der Waals surface area contributed by atoms with E-state index in [9.17, 15) is 14.4 Å². The van der Waals surface area contributed by atoms with Crippen LogP contribution < -0.4 is 10.6 Å². The van der Waals surface area contributed by atoms with Crippen LogP contribution in [0.3, 0.4) is 0 Å². The highest BCUT2D eigenvalue weighted by Gasteiger charge is 2.52. The zero-order chi connectivity index (χ0) is 22.9. The van der Waals surface area contributed by atoms with Crippen molar-refractivity contribution in [1.29, 1.82) is 0 Å². The summed E-state index contributed by atoms with van der Waals surface area (Å²) in [5, 5.41) is 14.5. The Hall–Kier alpha value is -3.35. The first-order valence-electron chi connectivity index (χ1n) is 10.9. The van der Waals surface area contributed by atoms with Crippen LogP contribution >= 0.6 is 0 Å². The number of nitrogens with one attached hydrogen (secondary N) is 2. The average molecular weight is 437 g/mol. The largest absolute Gasteiger partial charge is 0.481 e. The molecule has 168 valence electrons. The minimum atomic E-state index is -0.983. The molecular weight excluding hydrogens is 408 g/mol. The van der Waals surface area contributed by atoms with Crippen molar-refractivity contribution in [3.63, 3.8) is 0 Å². The van der Waals surface area contributed by atoms with Gasteiger partial charge >= 0.3 is 12.1 Å². The molecule has 7 nitrogen and oxygen atoms in total. The number of fused-ring (bicyclic) bond motifs is 3. The summed E-state index contributed by atoms with van der Waals surface area (Å²) in [6, 6.07) is 16.2. The molecule has 0 unspecified atom stereocenters. The molecule has 2 aromatic carbocycles. The van der Waals surface area contributed by atoms with E-state index >= 15 is 0 Å². The van der Waals surface area contributed by atoms with Crippen LogP contribution in [0.4, 0.5) is 4.79 Å². The summed E-state index contributed by atoms with van der Waals surface area (Å²) in [5.74, 6) is -1.27. The Morgan fingerprint density at radius 1 is 1.03 bits per heavy atom. The molecule has 0 bridgehead atoms. The van der Waals surface area contributed by atoms with Crippen LogP contribution in [-0.2, 0) is 14.3 Å². The summed E-state index contributed by atoms with van der Waals surface area (Å²) in [7, 11) is 0. The number of rotatable bonds is 8. The molecule has 2 aliphatic rings. The molecular formula is C25H28N2O5. The van der Waals surface area contributed by atoms with Crippen LogP contribution in [0.15, 0.2) is 48.5 Å². The summed E-state index contributed by atoms with van der Waals surface area (Å²) in [4.78, 5) is 36.2. The minimum Gasteiger partial charge on any atom is -0.481 e. The van der Waals surface area contributed by atoms with Gasteiger partial charge in [0.2, 0.25) is 5.91 Å². The summed E-state index contributed by atoms with van der Waals surface area (Å²) in [6.45, 7) is 3.73. The second-order valence-corrected chi connectivity index (χ2v) is 9.26. The first kappa shape index (κ1) is 21.9. The maximum Gasteiger partial charge on any atom is 0.408 e. The zero-order valence-electron chi connectivity index (χ0n) is 18.3. The molecule has 0 aliphatic heterocycles. The fraction of sp³-hybridized carbons (Fsp3) is 0.400. The number of alkyl carbamates (subject to hydrolysis) is 1. The van der Waals surface area contributed by atoms with Crippen LogP contribution in [0.25, 0.3) is 11.1 Å². The SMILES string of the molecule is CC(C)(CCC(=O)O)NC(=O)C1(NC(=O)OCC2c3ccccc3-c3ccccc32)CC1. The number of carbonyl (C=O) groups is 3. The van der Waals surface area contributed by atoms with E-state index in [1.807, 2.05) is 24.3 Å². The lowest BCUT2D eigenvalue weighted by molar-refractivity contribution is -0.138. The van der Waals surface area contributed by atoms with E-state index in [1.165, 1.54) is 0 Å². The molecule has 7 heteroatoms. The van der Waals surface area contributed by atoms with Crippen LogP contribution in [-0.4, -0.2) is 40.8 Å². The number of ether oxygens (including phenoxy) is 1. The number of amides is 2. The molecule has 2 aromatic rings. The third-order valence-electron chi connectivity index (χ3n) is 6.29. The molecule has 32 heavy (non-hydrogen) atoms. The quantitative estimate of drug-likeness (QED) is 0.584. The molecule has 0 heterocycles. The molecule has 3 N–H and O–H groups in total. The lowest BCUT2D eigenvalue weighted by Crippen LogP contribution is -2.55. The van der Waals surface area contributed by atoms with E-state index in [0.29, 0.717) is 19.3 Å². The molecule has 0 aromatic heterocycles. The van der Waals surface area contributed by atoms with Crippen LogP contribution in [0, 0.1) is 0 Å². The van der Waals surface area contributed by atoms with E-state index in [2.05, 4.69) is 34.9 Å². The summed E-state index contributed by atoms with van der Waals surface area (Å²) in [6.07, 6.45) is 0.688. The predicted octanol–water partition coefficient (Wildman–Crippen LogP) is 3.82. The first-order chi connectivity index (χ1) is 15.2. The van der Waals surface area contributed by atoms with E-state index in [-0.39, 0.29) is 24.9 Å². The fourth-order valence-corrected chi connectivity index (χ4v) is 4.27. The molecule has 0 radical (unpaired) electrons. The molecule has 4 rings (SSSR count). The second kappa shape index (κ2) is 8.30. The van der Waals surface area contributed by atoms with Crippen LogP contribution in [0.5, 0.6) is 0 Å². The van der Waals surface area contributed by atoms with Crippen molar-refractivity contribution >= 4 is 18.0 Å². The van der Waals surface area contributed by atoms with Gasteiger partial charge in [0.15, 0.2) is 0 Å². The number of hydrogen-bond donors (Lipinski definition) is 3. The van der Waals surface area contributed by atoms with Crippen molar-refractivity contribution in [2.45, 2.75) is 56.5 Å². The van der Waals surface area contributed by atoms with Gasteiger partial charge in [0.05, 0.1) is 0 Å². The van der Waals surface area contributed by atoms with Crippen molar-refractivity contribution in [2.24, 2.45) is 0 Å². The fourth-order valence-electron chi connectivity index (χ4n) is 4.27. The predicted molar refractivity (Wildman–Crippen MR) is 119 cm³/mol. The Morgan fingerprint density at radius 3 is 2.12 bits per heavy atom. The first-order valence-corrected chi connectivity index (χ1v) is 10.9. The number of aliphatic carboxylic acids is 1. The van der Waals surface area contributed by atoms with Gasteiger partial charge in [-0.3, -0.25) is 9.59 Å². The highest BCUT2D eigenvalue weighted by molar-refractivity contribution is 5.93. The summed E-state index contributed by atoms with van der Waals surface area (Å²) < 4.78 is 5.57. The van der Waals surface area contributed by atoms with Gasteiger partial charge < -0.3 is 20.5 Å². The van der Waals surface area contributed by atoms with Crippen molar-refractivity contribution in [3.8, 4) is 11.1 Å².